The molecule has 2 aromatic carbocycles. The maximum atomic E-state index is 12.2. The standard InChI is InChI=1S/C19H14BrN3O4S/c20-13-1-6-16(7-2-13)28-17-8-3-14(4-9-17)21-18(24)12-22-11-15(23(26)27)5-10-19(22)25/h1-11H,12H2,(H,21,24). The third kappa shape index (κ3) is 5.30. The predicted octanol–water partition coefficient (Wildman–Crippen LogP) is 4.31. The molecule has 0 aliphatic rings. The first kappa shape index (κ1) is 19.8. The highest BCUT2D eigenvalue weighted by atomic mass is 79.9. The number of amides is 1. The van der Waals surface area contributed by atoms with E-state index in [0.29, 0.717) is 5.69 Å². The molecule has 7 nitrogen and oxygen atoms in total. The van der Waals surface area contributed by atoms with Gasteiger partial charge in [0.2, 0.25) is 5.91 Å². The van der Waals surface area contributed by atoms with Crippen LogP contribution in [0.25, 0.3) is 0 Å². The Morgan fingerprint density at radius 2 is 1.64 bits per heavy atom. The molecule has 0 bridgehead atoms. The van der Waals surface area contributed by atoms with Crippen molar-refractivity contribution in [1.29, 1.82) is 0 Å². The van der Waals surface area contributed by atoms with Crippen LogP contribution in [0.5, 0.6) is 0 Å². The Morgan fingerprint density at radius 1 is 1.04 bits per heavy atom. The van der Waals surface area contributed by atoms with Crippen LogP contribution in [0.3, 0.4) is 0 Å². The molecular weight excluding hydrogens is 446 g/mol. The Labute approximate surface area is 172 Å². The van der Waals surface area contributed by atoms with Gasteiger partial charge in [-0.2, -0.15) is 0 Å². The number of rotatable bonds is 6. The number of benzene rings is 2. The zero-order valence-corrected chi connectivity index (χ0v) is 16.8. The van der Waals surface area contributed by atoms with E-state index in [4.69, 9.17) is 0 Å². The largest absolute Gasteiger partial charge is 0.325 e. The summed E-state index contributed by atoms with van der Waals surface area (Å²) < 4.78 is 2.02. The quantitative estimate of drug-likeness (QED) is 0.437. The van der Waals surface area contributed by atoms with Crippen molar-refractivity contribution in [2.75, 3.05) is 5.32 Å². The molecule has 28 heavy (non-hydrogen) atoms. The smallest absolute Gasteiger partial charge is 0.285 e. The number of hydrogen-bond acceptors (Lipinski definition) is 5. The lowest BCUT2D eigenvalue weighted by Crippen LogP contribution is -2.26. The SMILES string of the molecule is O=C(Cn1cc([N+](=O)[O-])ccc1=O)Nc1ccc(Sc2ccc(Br)cc2)cc1. The second-order valence-corrected chi connectivity index (χ2v) is 7.80. The van der Waals surface area contributed by atoms with Crippen LogP contribution in [-0.4, -0.2) is 15.4 Å². The van der Waals surface area contributed by atoms with Gasteiger partial charge in [-0.25, -0.2) is 0 Å². The molecule has 1 heterocycles. The van der Waals surface area contributed by atoms with Gasteiger partial charge in [0.25, 0.3) is 11.2 Å². The Balaban J connectivity index is 1.63. The summed E-state index contributed by atoms with van der Waals surface area (Å²) >= 11 is 4.99. The number of aromatic nitrogens is 1. The lowest BCUT2D eigenvalue weighted by Gasteiger charge is -2.08. The average Bonchev–Trinajstić information content (AvgIpc) is 2.67. The molecule has 3 aromatic rings. The Hall–Kier alpha value is -2.91. The molecule has 0 spiro atoms. The molecule has 0 radical (unpaired) electrons. The van der Waals surface area contributed by atoms with Gasteiger partial charge in [0.15, 0.2) is 0 Å². The van der Waals surface area contributed by atoms with Crippen LogP contribution >= 0.6 is 27.7 Å². The summed E-state index contributed by atoms with van der Waals surface area (Å²) in [5, 5.41) is 13.5. The molecule has 9 heteroatoms. The minimum atomic E-state index is -0.615. The van der Waals surface area contributed by atoms with Crippen molar-refractivity contribution in [3.05, 3.63) is 91.8 Å². The fourth-order valence-electron chi connectivity index (χ4n) is 2.35. The maximum absolute atomic E-state index is 12.2. The van der Waals surface area contributed by atoms with Gasteiger partial charge < -0.3 is 5.32 Å². The normalized spacial score (nSPS) is 10.5. The fourth-order valence-corrected chi connectivity index (χ4v) is 3.43. The van der Waals surface area contributed by atoms with Gasteiger partial charge in [0.05, 0.1) is 11.1 Å². The fraction of sp³-hybridized carbons (Fsp3) is 0.0526. The first-order chi connectivity index (χ1) is 13.4. The first-order valence-electron chi connectivity index (χ1n) is 8.09. The minimum Gasteiger partial charge on any atom is -0.325 e. The van der Waals surface area contributed by atoms with E-state index >= 15 is 0 Å². The highest BCUT2D eigenvalue weighted by Crippen LogP contribution is 2.29. The number of halogens is 1. The van der Waals surface area contributed by atoms with Crippen molar-refractivity contribution in [2.24, 2.45) is 0 Å². The zero-order valence-electron chi connectivity index (χ0n) is 14.4. The lowest BCUT2D eigenvalue weighted by molar-refractivity contribution is -0.385. The van der Waals surface area contributed by atoms with E-state index in [1.807, 2.05) is 36.4 Å². The molecule has 0 aliphatic heterocycles. The van der Waals surface area contributed by atoms with Crippen LogP contribution in [0.1, 0.15) is 0 Å². The van der Waals surface area contributed by atoms with Gasteiger partial charge >= 0.3 is 0 Å². The van der Waals surface area contributed by atoms with Crippen LogP contribution in [0.2, 0.25) is 0 Å². The summed E-state index contributed by atoms with van der Waals surface area (Å²) in [6.07, 6.45) is 1.06. The van der Waals surface area contributed by atoms with Crippen molar-refractivity contribution < 1.29 is 9.72 Å². The van der Waals surface area contributed by atoms with Crippen molar-refractivity contribution in [1.82, 2.24) is 4.57 Å². The van der Waals surface area contributed by atoms with Crippen molar-refractivity contribution in [3.63, 3.8) is 0 Å². The number of hydrogen-bond donors (Lipinski definition) is 1. The van der Waals surface area contributed by atoms with Crippen LogP contribution in [-0.2, 0) is 11.3 Å². The Kier molecular flexibility index (Phi) is 6.27. The number of anilines is 1. The van der Waals surface area contributed by atoms with E-state index in [1.54, 1.807) is 23.9 Å². The molecule has 0 saturated heterocycles. The summed E-state index contributed by atoms with van der Waals surface area (Å²) in [7, 11) is 0. The summed E-state index contributed by atoms with van der Waals surface area (Å²) in [5.74, 6) is -0.448. The molecule has 3 rings (SSSR count). The van der Waals surface area contributed by atoms with Crippen molar-refractivity contribution in [2.45, 2.75) is 16.3 Å². The minimum absolute atomic E-state index is 0.248. The zero-order chi connectivity index (χ0) is 20.1. The first-order valence-corrected chi connectivity index (χ1v) is 9.70. The number of nitro groups is 1. The molecule has 1 N–H and O–H groups in total. The molecule has 0 saturated carbocycles. The van der Waals surface area contributed by atoms with E-state index in [2.05, 4.69) is 21.2 Å². The summed E-state index contributed by atoms with van der Waals surface area (Å²) in [6, 6.07) is 17.4. The van der Waals surface area contributed by atoms with Crippen molar-refractivity contribution >= 4 is 45.0 Å². The van der Waals surface area contributed by atoms with Gasteiger partial charge in [0, 0.05) is 32.1 Å². The predicted molar refractivity (Wildman–Crippen MR) is 111 cm³/mol. The number of carbonyl (C=O) groups is 1. The molecule has 142 valence electrons. The van der Waals surface area contributed by atoms with E-state index in [0.717, 1.165) is 37.2 Å². The number of pyridine rings is 1. The third-order valence-electron chi connectivity index (χ3n) is 3.68. The highest BCUT2D eigenvalue weighted by Gasteiger charge is 2.11. The number of nitrogens with zero attached hydrogens (tertiary/aromatic N) is 2. The van der Waals surface area contributed by atoms with Crippen LogP contribution in [0, 0.1) is 10.1 Å². The monoisotopic (exact) mass is 459 g/mol. The Bertz CT molecular complexity index is 1070. The number of carbonyl (C=O) groups excluding carboxylic acids is 1. The number of nitrogens with one attached hydrogen (secondary N) is 1. The lowest BCUT2D eigenvalue weighted by atomic mass is 10.3. The van der Waals surface area contributed by atoms with E-state index in [9.17, 15) is 19.7 Å². The summed E-state index contributed by atoms with van der Waals surface area (Å²) in [6.45, 7) is -0.310. The van der Waals surface area contributed by atoms with Gasteiger partial charge in [-0.05, 0) is 48.5 Å². The summed E-state index contributed by atoms with van der Waals surface area (Å²) in [4.78, 5) is 36.2. The Morgan fingerprint density at radius 3 is 2.25 bits per heavy atom. The van der Waals surface area contributed by atoms with E-state index in [-0.39, 0.29) is 12.2 Å². The highest BCUT2D eigenvalue weighted by molar-refractivity contribution is 9.10. The molecule has 1 amide bonds. The second-order valence-electron chi connectivity index (χ2n) is 5.74. The van der Waals surface area contributed by atoms with Crippen LogP contribution < -0.4 is 10.9 Å². The van der Waals surface area contributed by atoms with E-state index < -0.39 is 16.4 Å². The average molecular weight is 460 g/mol. The van der Waals surface area contributed by atoms with E-state index in [1.165, 1.54) is 0 Å². The van der Waals surface area contributed by atoms with Gasteiger partial charge in [-0.15, -0.1) is 0 Å². The molecule has 0 atom stereocenters. The molecular formula is C19H14BrN3O4S. The van der Waals surface area contributed by atoms with Crippen molar-refractivity contribution in [3.8, 4) is 0 Å². The molecule has 0 unspecified atom stereocenters. The maximum Gasteiger partial charge on any atom is 0.285 e. The van der Waals surface area contributed by atoms with Crippen LogP contribution in [0.4, 0.5) is 11.4 Å². The molecule has 0 aliphatic carbocycles. The third-order valence-corrected chi connectivity index (χ3v) is 5.22. The summed E-state index contributed by atoms with van der Waals surface area (Å²) in [5.41, 5.74) is -0.160. The van der Waals surface area contributed by atoms with Gasteiger partial charge in [0.1, 0.15) is 6.54 Å². The second kappa shape index (κ2) is 8.85. The van der Waals surface area contributed by atoms with Gasteiger partial charge in [-0.1, -0.05) is 27.7 Å². The van der Waals surface area contributed by atoms with Crippen LogP contribution in [0.15, 0.2) is 85.9 Å². The van der Waals surface area contributed by atoms with Gasteiger partial charge in [-0.3, -0.25) is 24.3 Å². The molecule has 1 aromatic heterocycles. The topological polar surface area (TPSA) is 94.2 Å². The molecule has 0 fully saturated rings.